The molecule has 4 rings (SSSR count). The van der Waals surface area contributed by atoms with Gasteiger partial charge in [-0.1, -0.05) is 29.8 Å². The Morgan fingerprint density at radius 3 is 2.75 bits per heavy atom. The van der Waals surface area contributed by atoms with E-state index in [0.29, 0.717) is 12.8 Å². The third-order valence-corrected chi connectivity index (χ3v) is 5.31. The van der Waals surface area contributed by atoms with Gasteiger partial charge in [0.05, 0.1) is 5.69 Å². The van der Waals surface area contributed by atoms with Gasteiger partial charge in [-0.15, -0.1) is 0 Å². The minimum atomic E-state index is -0.558. The lowest BCUT2D eigenvalue weighted by Crippen LogP contribution is -2.32. The molecular weight excluding hydrogens is 298 g/mol. The van der Waals surface area contributed by atoms with E-state index in [1.807, 2.05) is 26.0 Å². The van der Waals surface area contributed by atoms with Crippen molar-refractivity contribution in [1.82, 2.24) is 4.98 Å². The Labute approximate surface area is 141 Å². The van der Waals surface area contributed by atoms with E-state index in [1.54, 1.807) is 13.1 Å². The summed E-state index contributed by atoms with van der Waals surface area (Å²) in [6.07, 6.45) is 2.49. The fourth-order valence-corrected chi connectivity index (χ4v) is 4.43. The molecule has 120 valence electrons. The predicted octanol–water partition coefficient (Wildman–Crippen LogP) is 4.03. The molecule has 2 aliphatic carbocycles. The van der Waals surface area contributed by atoms with Crippen molar-refractivity contribution in [2.24, 2.45) is 0 Å². The summed E-state index contributed by atoms with van der Waals surface area (Å²) < 4.78 is 0. The number of aryl methyl sites for hydroxylation is 1. The predicted molar refractivity (Wildman–Crippen MR) is 93.6 cm³/mol. The van der Waals surface area contributed by atoms with Crippen LogP contribution >= 0.6 is 0 Å². The minimum Gasteiger partial charge on any atom is -0.300 e. The first-order valence-electron chi connectivity index (χ1n) is 8.25. The van der Waals surface area contributed by atoms with Crippen LogP contribution in [0, 0.1) is 6.92 Å². The highest BCUT2D eigenvalue weighted by Crippen LogP contribution is 2.57. The second kappa shape index (κ2) is 4.97. The maximum atomic E-state index is 12.6. The molecule has 2 aliphatic rings. The zero-order valence-electron chi connectivity index (χ0n) is 14.1. The van der Waals surface area contributed by atoms with Crippen molar-refractivity contribution in [1.29, 1.82) is 0 Å². The fraction of sp³-hybridized carbons (Fsp3) is 0.286. The first-order valence-corrected chi connectivity index (χ1v) is 8.25. The van der Waals surface area contributed by atoms with E-state index < -0.39 is 5.41 Å². The third-order valence-electron chi connectivity index (χ3n) is 5.31. The van der Waals surface area contributed by atoms with Crippen molar-refractivity contribution in [2.45, 2.75) is 39.0 Å². The number of carbonyl (C=O) groups is 2. The number of hydrogen-bond donors (Lipinski definition) is 0. The van der Waals surface area contributed by atoms with Crippen LogP contribution in [0.25, 0.3) is 16.8 Å². The van der Waals surface area contributed by atoms with Gasteiger partial charge in [0.1, 0.15) is 5.78 Å². The zero-order valence-corrected chi connectivity index (χ0v) is 14.1. The van der Waals surface area contributed by atoms with Gasteiger partial charge in [-0.25, -0.2) is 0 Å². The fourth-order valence-electron chi connectivity index (χ4n) is 4.43. The van der Waals surface area contributed by atoms with E-state index in [2.05, 4.69) is 23.2 Å². The van der Waals surface area contributed by atoms with Crippen LogP contribution in [0.4, 0.5) is 0 Å². The lowest BCUT2D eigenvalue weighted by molar-refractivity contribution is -0.118. The molecule has 0 aliphatic heterocycles. The molecule has 3 nitrogen and oxygen atoms in total. The second-order valence-electron chi connectivity index (χ2n) is 7.01. The molecular formula is C21H19NO2. The van der Waals surface area contributed by atoms with E-state index in [-0.39, 0.29) is 11.6 Å². The van der Waals surface area contributed by atoms with Crippen LogP contribution in [0.2, 0.25) is 0 Å². The number of hydrogen-bond acceptors (Lipinski definition) is 3. The summed E-state index contributed by atoms with van der Waals surface area (Å²) in [7, 11) is 0. The number of rotatable bonds is 2. The summed E-state index contributed by atoms with van der Waals surface area (Å²) >= 11 is 0. The molecule has 1 unspecified atom stereocenters. The molecule has 1 heterocycles. The van der Waals surface area contributed by atoms with E-state index >= 15 is 0 Å². The Bertz CT molecular complexity index is 939. The van der Waals surface area contributed by atoms with Gasteiger partial charge in [0, 0.05) is 30.0 Å². The van der Waals surface area contributed by atoms with E-state index in [4.69, 9.17) is 0 Å². The molecule has 1 atom stereocenters. The molecule has 0 N–H and O–H groups in total. The lowest BCUT2D eigenvalue weighted by atomic mass is 9.64. The first-order chi connectivity index (χ1) is 11.4. The maximum Gasteiger partial charge on any atom is 0.160 e. The van der Waals surface area contributed by atoms with Crippen molar-refractivity contribution >= 4 is 17.1 Å². The van der Waals surface area contributed by atoms with Crippen molar-refractivity contribution in [3.05, 3.63) is 58.8 Å². The Morgan fingerprint density at radius 1 is 1.21 bits per heavy atom. The second-order valence-corrected chi connectivity index (χ2v) is 7.01. The van der Waals surface area contributed by atoms with Crippen LogP contribution in [0.5, 0.6) is 0 Å². The number of pyridine rings is 1. The molecule has 24 heavy (non-hydrogen) atoms. The highest BCUT2D eigenvalue weighted by molar-refractivity contribution is 6.14. The van der Waals surface area contributed by atoms with Crippen molar-refractivity contribution in [2.75, 3.05) is 0 Å². The number of allylic oxidation sites excluding steroid dienone is 2. The molecule has 0 fully saturated rings. The molecule has 0 bridgehead atoms. The highest BCUT2D eigenvalue weighted by Gasteiger charge is 2.50. The van der Waals surface area contributed by atoms with Gasteiger partial charge in [0.2, 0.25) is 0 Å². The van der Waals surface area contributed by atoms with Gasteiger partial charge in [-0.3, -0.25) is 14.6 Å². The topological polar surface area (TPSA) is 47.0 Å². The first kappa shape index (κ1) is 15.0. The Balaban J connectivity index is 2.15. The van der Waals surface area contributed by atoms with E-state index in [1.165, 1.54) is 0 Å². The lowest BCUT2D eigenvalue weighted by Gasteiger charge is -2.38. The number of fused-ring (bicyclic) bond motifs is 6. The number of benzene rings is 1. The van der Waals surface area contributed by atoms with Crippen molar-refractivity contribution in [3.8, 4) is 11.3 Å². The van der Waals surface area contributed by atoms with E-state index in [0.717, 1.165) is 39.1 Å². The smallest absolute Gasteiger partial charge is 0.160 e. The SMILES string of the molecule is CC(=O)CC12CC(=O)C(C)=C1c1cc(C)ccc1-c1ncccc12. The summed E-state index contributed by atoms with van der Waals surface area (Å²) in [4.78, 5) is 29.3. The van der Waals surface area contributed by atoms with Gasteiger partial charge in [-0.05, 0) is 49.1 Å². The molecule has 3 heteroatoms. The average molecular weight is 317 g/mol. The Hall–Kier alpha value is -2.55. The van der Waals surface area contributed by atoms with Gasteiger partial charge >= 0.3 is 0 Å². The molecule has 0 amide bonds. The zero-order chi connectivity index (χ0) is 17.1. The van der Waals surface area contributed by atoms with Gasteiger partial charge < -0.3 is 0 Å². The van der Waals surface area contributed by atoms with Crippen LogP contribution in [0.1, 0.15) is 43.4 Å². The van der Waals surface area contributed by atoms with Gasteiger partial charge in [0.25, 0.3) is 0 Å². The summed E-state index contributed by atoms with van der Waals surface area (Å²) in [5.74, 6) is 0.233. The summed E-state index contributed by atoms with van der Waals surface area (Å²) in [6.45, 7) is 5.55. The molecule has 1 aromatic carbocycles. The van der Waals surface area contributed by atoms with Crippen molar-refractivity contribution in [3.63, 3.8) is 0 Å². The van der Waals surface area contributed by atoms with Crippen LogP contribution in [0.3, 0.4) is 0 Å². The summed E-state index contributed by atoms with van der Waals surface area (Å²) in [6, 6.07) is 10.2. The number of aromatic nitrogens is 1. The molecule has 2 aromatic rings. The Kier molecular flexibility index (Phi) is 3.11. The third kappa shape index (κ3) is 1.87. The number of ketones is 2. The standard InChI is InChI=1S/C21H19NO2/c1-12-6-7-15-16(9-12)19-14(3)18(24)11-21(19,10-13(2)23)17-5-4-8-22-20(15)17/h4-9H,10-11H2,1-3H3. The van der Waals surface area contributed by atoms with Crippen LogP contribution in [-0.2, 0) is 15.0 Å². The van der Waals surface area contributed by atoms with Gasteiger partial charge in [0.15, 0.2) is 5.78 Å². The number of nitrogens with zero attached hydrogens (tertiary/aromatic N) is 1. The largest absolute Gasteiger partial charge is 0.300 e. The number of carbonyl (C=O) groups excluding carboxylic acids is 2. The highest BCUT2D eigenvalue weighted by atomic mass is 16.1. The van der Waals surface area contributed by atoms with Crippen molar-refractivity contribution < 1.29 is 9.59 Å². The Morgan fingerprint density at radius 2 is 2.00 bits per heavy atom. The van der Waals surface area contributed by atoms with Crippen LogP contribution in [0.15, 0.2) is 42.1 Å². The average Bonchev–Trinajstić information content (AvgIpc) is 2.78. The van der Waals surface area contributed by atoms with E-state index in [9.17, 15) is 9.59 Å². The maximum absolute atomic E-state index is 12.6. The monoisotopic (exact) mass is 317 g/mol. The normalized spacial score (nSPS) is 21.4. The number of Topliss-reactive ketones (excluding diaryl/α,β-unsaturated/α-hetero) is 2. The van der Waals surface area contributed by atoms with Crippen LogP contribution in [-0.4, -0.2) is 16.6 Å². The molecule has 0 spiro atoms. The summed E-state index contributed by atoms with van der Waals surface area (Å²) in [5, 5.41) is 0. The summed E-state index contributed by atoms with van der Waals surface area (Å²) in [5.41, 5.74) is 6.43. The quantitative estimate of drug-likeness (QED) is 0.840. The molecule has 0 radical (unpaired) electrons. The minimum absolute atomic E-state index is 0.0981. The van der Waals surface area contributed by atoms with Crippen LogP contribution < -0.4 is 0 Å². The molecule has 0 saturated heterocycles. The molecule has 0 saturated carbocycles. The van der Waals surface area contributed by atoms with Gasteiger partial charge in [-0.2, -0.15) is 0 Å². The molecule has 1 aromatic heterocycles.